The Morgan fingerprint density at radius 1 is 0.950 bits per heavy atom. The number of hydrogen-bond donors (Lipinski definition) is 2. The highest BCUT2D eigenvalue weighted by Gasteiger charge is 2.11. The van der Waals surface area contributed by atoms with Crippen molar-refractivity contribution in [3.05, 3.63) is 76.6 Å². The molecule has 0 spiro atoms. The monoisotopic (exact) mass is 264 g/mol. The molecule has 20 heavy (non-hydrogen) atoms. The zero-order valence-electron chi connectivity index (χ0n) is 10.6. The third-order valence-corrected chi connectivity index (χ3v) is 3.03. The Hall–Kier alpha value is -2.88. The highest BCUT2D eigenvalue weighted by molar-refractivity contribution is 6.05. The first kappa shape index (κ1) is 12.2. The lowest BCUT2D eigenvalue weighted by molar-refractivity contribution is 0.102. The number of pyridine rings is 1. The smallest absolute Gasteiger partial charge is 0.261 e. The van der Waals surface area contributed by atoms with E-state index in [2.05, 4.69) is 10.3 Å². The quantitative estimate of drug-likeness (QED) is 0.747. The molecule has 0 bridgehead atoms. The van der Waals surface area contributed by atoms with E-state index < -0.39 is 11.5 Å². The number of benzene rings is 2. The maximum atomic E-state index is 12.1. The molecule has 0 atom stereocenters. The Labute approximate surface area is 115 Å². The number of H-pyrrole nitrogens is 1. The summed E-state index contributed by atoms with van der Waals surface area (Å²) in [7, 11) is 0. The van der Waals surface area contributed by atoms with Crippen molar-refractivity contribution in [3.8, 4) is 0 Å². The summed E-state index contributed by atoms with van der Waals surface area (Å²) in [6.45, 7) is 0. The standard InChI is InChI=1S/C16H12N2O2/c19-15(17-12-7-2-1-3-8-12)13-10-11-6-4-5-9-14(11)18-16(13)20/h1-10H,(H,17,19)(H,18,20). The third-order valence-electron chi connectivity index (χ3n) is 3.03. The molecule has 0 aliphatic rings. The maximum absolute atomic E-state index is 12.1. The number of carbonyl (C=O) groups excluding carboxylic acids is 1. The van der Waals surface area contributed by atoms with Gasteiger partial charge in [0, 0.05) is 11.2 Å². The molecule has 0 fully saturated rings. The van der Waals surface area contributed by atoms with Crippen molar-refractivity contribution in [2.75, 3.05) is 5.32 Å². The van der Waals surface area contributed by atoms with E-state index in [0.717, 1.165) is 5.39 Å². The fourth-order valence-electron chi connectivity index (χ4n) is 2.04. The highest BCUT2D eigenvalue weighted by Crippen LogP contribution is 2.12. The summed E-state index contributed by atoms with van der Waals surface area (Å²) in [5.74, 6) is -0.414. The zero-order chi connectivity index (χ0) is 13.9. The van der Waals surface area contributed by atoms with Gasteiger partial charge in [-0.2, -0.15) is 0 Å². The van der Waals surface area contributed by atoms with Crippen molar-refractivity contribution in [2.24, 2.45) is 0 Å². The normalized spacial score (nSPS) is 10.4. The van der Waals surface area contributed by atoms with Crippen molar-refractivity contribution in [3.63, 3.8) is 0 Å². The molecule has 0 aliphatic heterocycles. The molecule has 4 nitrogen and oxygen atoms in total. The van der Waals surface area contributed by atoms with E-state index in [4.69, 9.17) is 0 Å². The molecule has 1 heterocycles. The van der Waals surface area contributed by atoms with Gasteiger partial charge >= 0.3 is 0 Å². The van der Waals surface area contributed by atoms with Crippen LogP contribution in [-0.2, 0) is 0 Å². The van der Waals surface area contributed by atoms with Gasteiger partial charge in [-0.3, -0.25) is 9.59 Å². The summed E-state index contributed by atoms with van der Waals surface area (Å²) in [6.07, 6.45) is 0. The number of carbonyl (C=O) groups is 1. The molecule has 98 valence electrons. The lowest BCUT2D eigenvalue weighted by atomic mass is 10.1. The van der Waals surface area contributed by atoms with Crippen LogP contribution in [0.1, 0.15) is 10.4 Å². The molecule has 3 aromatic rings. The van der Waals surface area contributed by atoms with Crippen molar-refractivity contribution < 1.29 is 4.79 Å². The van der Waals surface area contributed by atoms with Gasteiger partial charge in [-0.15, -0.1) is 0 Å². The third kappa shape index (κ3) is 2.31. The SMILES string of the molecule is O=C(Nc1ccccc1)c1cc2ccccc2[nH]c1=O. The summed E-state index contributed by atoms with van der Waals surface area (Å²) >= 11 is 0. The average Bonchev–Trinajstić information content (AvgIpc) is 2.47. The minimum atomic E-state index is -0.414. The van der Waals surface area contributed by atoms with Crippen LogP contribution in [0.4, 0.5) is 5.69 Å². The molecular formula is C16H12N2O2. The van der Waals surface area contributed by atoms with Gasteiger partial charge in [-0.1, -0.05) is 36.4 Å². The number of para-hydroxylation sites is 2. The van der Waals surface area contributed by atoms with Crippen LogP contribution in [0.5, 0.6) is 0 Å². The fraction of sp³-hybridized carbons (Fsp3) is 0. The van der Waals surface area contributed by atoms with Gasteiger partial charge in [-0.25, -0.2) is 0 Å². The van der Waals surface area contributed by atoms with Crippen LogP contribution in [0.2, 0.25) is 0 Å². The Morgan fingerprint density at radius 3 is 2.45 bits per heavy atom. The first-order valence-corrected chi connectivity index (χ1v) is 6.22. The highest BCUT2D eigenvalue weighted by atomic mass is 16.2. The molecule has 1 aromatic heterocycles. The number of aromatic nitrogens is 1. The minimum Gasteiger partial charge on any atom is -0.322 e. The zero-order valence-corrected chi connectivity index (χ0v) is 10.6. The van der Waals surface area contributed by atoms with Crippen LogP contribution in [-0.4, -0.2) is 10.9 Å². The summed E-state index contributed by atoms with van der Waals surface area (Å²) in [5.41, 5.74) is 1.09. The average molecular weight is 264 g/mol. The first-order valence-electron chi connectivity index (χ1n) is 6.22. The molecule has 2 aromatic carbocycles. The van der Waals surface area contributed by atoms with Gasteiger partial charge in [0.2, 0.25) is 0 Å². The van der Waals surface area contributed by atoms with Gasteiger partial charge in [0.15, 0.2) is 0 Å². The summed E-state index contributed by atoms with van der Waals surface area (Å²) in [4.78, 5) is 26.8. The molecule has 4 heteroatoms. The number of hydrogen-bond acceptors (Lipinski definition) is 2. The van der Waals surface area contributed by atoms with E-state index in [0.29, 0.717) is 11.2 Å². The predicted octanol–water partition coefficient (Wildman–Crippen LogP) is 2.78. The van der Waals surface area contributed by atoms with E-state index >= 15 is 0 Å². The second-order valence-electron chi connectivity index (χ2n) is 4.42. The van der Waals surface area contributed by atoms with Gasteiger partial charge in [0.05, 0.1) is 0 Å². The van der Waals surface area contributed by atoms with Crippen molar-refractivity contribution in [1.29, 1.82) is 0 Å². The van der Waals surface area contributed by atoms with E-state index in [1.807, 2.05) is 36.4 Å². The summed E-state index contributed by atoms with van der Waals surface area (Å²) in [5, 5.41) is 3.53. The van der Waals surface area contributed by atoms with Crippen LogP contribution in [0.15, 0.2) is 65.5 Å². The molecule has 0 radical (unpaired) electrons. The second-order valence-corrected chi connectivity index (χ2v) is 4.42. The number of anilines is 1. The van der Waals surface area contributed by atoms with Gasteiger partial charge in [0.1, 0.15) is 5.56 Å². The predicted molar refractivity (Wildman–Crippen MR) is 79.0 cm³/mol. The molecule has 3 rings (SSSR count). The number of fused-ring (bicyclic) bond motifs is 1. The first-order chi connectivity index (χ1) is 9.74. The molecule has 0 saturated carbocycles. The number of aromatic amines is 1. The van der Waals surface area contributed by atoms with Crippen LogP contribution in [0.25, 0.3) is 10.9 Å². The van der Waals surface area contributed by atoms with Gasteiger partial charge in [0.25, 0.3) is 11.5 Å². The van der Waals surface area contributed by atoms with E-state index in [-0.39, 0.29) is 5.56 Å². The Balaban J connectivity index is 1.99. The largest absolute Gasteiger partial charge is 0.322 e. The lowest BCUT2D eigenvalue weighted by Crippen LogP contribution is -2.22. The Morgan fingerprint density at radius 2 is 1.65 bits per heavy atom. The second kappa shape index (κ2) is 5.01. The van der Waals surface area contributed by atoms with Crippen LogP contribution >= 0.6 is 0 Å². The molecule has 0 saturated heterocycles. The number of rotatable bonds is 2. The van der Waals surface area contributed by atoms with Crippen molar-refractivity contribution >= 4 is 22.5 Å². The van der Waals surface area contributed by atoms with E-state index in [1.54, 1.807) is 24.3 Å². The van der Waals surface area contributed by atoms with Gasteiger partial charge in [-0.05, 0) is 29.7 Å². The molecule has 2 N–H and O–H groups in total. The Bertz CT molecular complexity index is 823. The van der Waals surface area contributed by atoms with Gasteiger partial charge < -0.3 is 10.3 Å². The molecular weight excluding hydrogens is 252 g/mol. The van der Waals surface area contributed by atoms with E-state index in [9.17, 15) is 9.59 Å². The maximum Gasteiger partial charge on any atom is 0.261 e. The summed E-state index contributed by atoms with van der Waals surface area (Å²) in [6, 6.07) is 18.0. The topological polar surface area (TPSA) is 62.0 Å². The van der Waals surface area contributed by atoms with E-state index in [1.165, 1.54) is 0 Å². The molecule has 0 unspecified atom stereocenters. The number of nitrogens with one attached hydrogen (secondary N) is 2. The minimum absolute atomic E-state index is 0.104. The van der Waals surface area contributed by atoms with Crippen molar-refractivity contribution in [2.45, 2.75) is 0 Å². The fourth-order valence-corrected chi connectivity index (χ4v) is 2.04. The van der Waals surface area contributed by atoms with Crippen LogP contribution in [0, 0.1) is 0 Å². The molecule has 0 aliphatic carbocycles. The lowest BCUT2D eigenvalue weighted by Gasteiger charge is -2.05. The summed E-state index contributed by atoms with van der Waals surface area (Å²) < 4.78 is 0. The molecule has 1 amide bonds. The Kier molecular flexibility index (Phi) is 3.05. The van der Waals surface area contributed by atoms with Crippen LogP contribution < -0.4 is 10.9 Å². The van der Waals surface area contributed by atoms with Crippen molar-refractivity contribution in [1.82, 2.24) is 4.98 Å². The number of amides is 1. The van der Waals surface area contributed by atoms with Crippen LogP contribution in [0.3, 0.4) is 0 Å².